The molecule has 1 aliphatic heterocycles. The molecule has 3 N–H and O–H groups in total. The molecule has 0 amide bonds. The smallest absolute Gasteiger partial charge is 0.340 e. The standard InChI is InChI=1S/C18H20N2O4/c1-23-18(22)15-3-2-4-16(17(15)19)20-9-14(10-20)24-13-7-5-12(11-21)6-8-13/h2-8,14,21H,9-11,19H2,1H3. The van der Waals surface area contributed by atoms with Crippen molar-refractivity contribution in [2.45, 2.75) is 12.7 Å². The van der Waals surface area contributed by atoms with Crippen molar-refractivity contribution in [1.29, 1.82) is 0 Å². The van der Waals surface area contributed by atoms with E-state index in [-0.39, 0.29) is 12.7 Å². The van der Waals surface area contributed by atoms with Gasteiger partial charge in [-0.3, -0.25) is 0 Å². The van der Waals surface area contributed by atoms with E-state index in [1.807, 2.05) is 30.3 Å². The molecule has 0 aromatic heterocycles. The van der Waals surface area contributed by atoms with E-state index in [4.69, 9.17) is 20.3 Å². The van der Waals surface area contributed by atoms with Crippen molar-refractivity contribution in [3.8, 4) is 5.75 Å². The average Bonchev–Trinajstić information content (AvgIpc) is 2.58. The Bertz CT molecular complexity index is 724. The number of esters is 1. The van der Waals surface area contributed by atoms with Crippen LogP contribution in [0.1, 0.15) is 15.9 Å². The van der Waals surface area contributed by atoms with Crippen molar-refractivity contribution < 1.29 is 19.4 Å². The number of rotatable bonds is 5. The number of carbonyl (C=O) groups is 1. The van der Waals surface area contributed by atoms with E-state index in [9.17, 15) is 4.79 Å². The van der Waals surface area contributed by atoms with Gasteiger partial charge >= 0.3 is 5.97 Å². The van der Waals surface area contributed by atoms with E-state index in [1.54, 1.807) is 12.1 Å². The molecule has 0 saturated carbocycles. The number of ether oxygens (including phenoxy) is 2. The van der Waals surface area contributed by atoms with Gasteiger partial charge in [0.25, 0.3) is 0 Å². The Morgan fingerprint density at radius 1 is 1.25 bits per heavy atom. The zero-order valence-electron chi connectivity index (χ0n) is 13.4. The van der Waals surface area contributed by atoms with Crippen LogP contribution in [0.5, 0.6) is 5.75 Å². The summed E-state index contributed by atoms with van der Waals surface area (Å²) in [5.41, 5.74) is 8.56. The number of para-hydroxylation sites is 1. The van der Waals surface area contributed by atoms with E-state index in [1.165, 1.54) is 7.11 Å². The van der Waals surface area contributed by atoms with Gasteiger partial charge in [-0.05, 0) is 29.8 Å². The Morgan fingerprint density at radius 2 is 1.96 bits per heavy atom. The number of hydrogen-bond donors (Lipinski definition) is 2. The van der Waals surface area contributed by atoms with Crippen LogP contribution in [0.25, 0.3) is 0 Å². The summed E-state index contributed by atoms with van der Waals surface area (Å²) < 4.78 is 10.6. The van der Waals surface area contributed by atoms with Crippen LogP contribution in [-0.2, 0) is 11.3 Å². The third-order valence-electron chi connectivity index (χ3n) is 4.09. The summed E-state index contributed by atoms with van der Waals surface area (Å²) in [6.07, 6.45) is 0.0613. The lowest BCUT2D eigenvalue weighted by atomic mass is 10.1. The SMILES string of the molecule is COC(=O)c1cccc(N2CC(Oc3ccc(CO)cc3)C2)c1N. The molecule has 1 fully saturated rings. The Kier molecular flexibility index (Phi) is 4.57. The number of nitrogens with zero attached hydrogens (tertiary/aromatic N) is 1. The maximum absolute atomic E-state index is 11.7. The Hall–Kier alpha value is -2.73. The number of carbonyl (C=O) groups excluding carboxylic acids is 1. The molecule has 0 spiro atoms. The van der Waals surface area contributed by atoms with Crippen LogP contribution >= 0.6 is 0 Å². The summed E-state index contributed by atoms with van der Waals surface area (Å²) in [7, 11) is 1.34. The summed E-state index contributed by atoms with van der Waals surface area (Å²) in [5, 5.41) is 9.04. The predicted molar refractivity (Wildman–Crippen MR) is 91.2 cm³/mol. The van der Waals surface area contributed by atoms with Gasteiger partial charge in [-0.2, -0.15) is 0 Å². The van der Waals surface area contributed by atoms with Crippen LogP contribution in [0, 0.1) is 0 Å². The Labute approximate surface area is 140 Å². The van der Waals surface area contributed by atoms with Gasteiger partial charge in [0.05, 0.1) is 43.7 Å². The highest BCUT2D eigenvalue weighted by Gasteiger charge is 2.30. The zero-order chi connectivity index (χ0) is 17.1. The molecular weight excluding hydrogens is 308 g/mol. The van der Waals surface area contributed by atoms with E-state index in [0.717, 1.165) is 17.0 Å². The average molecular weight is 328 g/mol. The van der Waals surface area contributed by atoms with Crippen molar-refractivity contribution >= 4 is 17.3 Å². The normalized spacial score (nSPS) is 14.2. The Balaban J connectivity index is 1.63. The molecule has 0 unspecified atom stereocenters. The highest BCUT2D eigenvalue weighted by molar-refractivity contribution is 5.98. The predicted octanol–water partition coefficient (Wildman–Crippen LogP) is 1.82. The van der Waals surface area contributed by atoms with Gasteiger partial charge in [0, 0.05) is 0 Å². The lowest BCUT2D eigenvalue weighted by Gasteiger charge is -2.41. The topological polar surface area (TPSA) is 85.0 Å². The van der Waals surface area contributed by atoms with Gasteiger partial charge < -0.3 is 25.2 Å². The molecular formula is C18H20N2O4. The number of nitrogen functional groups attached to an aromatic ring is 1. The first-order chi connectivity index (χ1) is 11.6. The molecule has 0 radical (unpaired) electrons. The number of nitrogens with two attached hydrogens (primary N) is 1. The van der Waals surface area contributed by atoms with Gasteiger partial charge in [0.15, 0.2) is 0 Å². The van der Waals surface area contributed by atoms with E-state index < -0.39 is 5.97 Å². The summed E-state index contributed by atoms with van der Waals surface area (Å²) in [6.45, 7) is 1.40. The fourth-order valence-electron chi connectivity index (χ4n) is 2.69. The quantitative estimate of drug-likeness (QED) is 0.643. The van der Waals surface area contributed by atoms with Gasteiger partial charge in [-0.25, -0.2) is 4.79 Å². The number of hydrogen-bond acceptors (Lipinski definition) is 6. The number of anilines is 2. The molecule has 3 rings (SSSR count). The van der Waals surface area contributed by atoms with Gasteiger partial charge in [0.1, 0.15) is 11.9 Å². The van der Waals surface area contributed by atoms with Crippen molar-refractivity contribution in [2.24, 2.45) is 0 Å². The summed E-state index contributed by atoms with van der Waals surface area (Å²) in [6, 6.07) is 12.7. The van der Waals surface area contributed by atoms with Crippen LogP contribution in [0.3, 0.4) is 0 Å². The molecule has 126 valence electrons. The first-order valence-corrected chi connectivity index (χ1v) is 7.70. The molecule has 24 heavy (non-hydrogen) atoms. The first-order valence-electron chi connectivity index (χ1n) is 7.70. The molecule has 0 atom stereocenters. The van der Waals surface area contributed by atoms with Crippen molar-refractivity contribution in [3.05, 3.63) is 53.6 Å². The second-order valence-electron chi connectivity index (χ2n) is 5.68. The summed E-state index contributed by atoms with van der Waals surface area (Å²) in [4.78, 5) is 13.8. The van der Waals surface area contributed by atoms with Crippen LogP contribution in [0.15, 0.2) is 42.5 Å². The molecule has 6 heteroatoms. The number of methoxy groups -OCH3 is 1. The summed E-state index contributed by atoms with van der Waals surface area (Å²) >= 11 is 0. The summed E-state index contributed by atoms with van der Waals surface area (Å²) in [5.74, 6) is 0.333. The highest BCUT2D eigenvalue weighted by atomic mass is 16.5. The number of aliphatic hydroxyl groups excluding tert-OH is 1. The highest BCUT2D eigenvalue weighted by Crippen LogP contribution is 2.31. The minimum absolute atomic E-state index is 0.0211. The molecule has 6 nitrogen and oxygen atoms in total. The minimum atomic E-state index is -0.438. The van der Waals surface area contributed by atoms with Crippen LogP contribution < -0.4 is 15.4 Å². The van der Waals surface area contributed by atoms with Crippen LogP contribution in [0.2, 0.25) is 0 Å². The maximum atomic E-state index is 11.7. The number of benzene rings is 2. The lowest BCUT2D eigenvalue weighted by Crippen LogP contribution is -2.54. The fraction of sp³-hybridized carbons (Fsp3) is 0.278. The third kappa shape index (κ3) is 3.14. The molecule has 1 heterocycles. The maximum Gasteiger partial charge on any atom is 0.340 e. The molecule has 1 aliphatic rings. The third-order valence-corrected chi connectivity index (χ3v) is 4.09. The monoisotopic (exact) mass is 328 g/mol. The molecule has 0 bridgehead atoms. The minimum Gasteiger partial charge on any atom is -0.487 e. The Morgan fingerprint density at radius 3 is 2.58 bits per heavy atom. The lowest BCUT2D eigenvalue weighted by molar-refractivity contribution is 0.0602. The fourth-order valence-corrected chi connectivity index (χ4v) is 2.69. The van der Waals surface area contributed by atoms with E-state index in [0.29, 0.717) is 24.3 Å². The van der Waals surface area contributed by atoms with E-state index >= 15 is 0 Å². The van der Waals surface area contributed by atoms with Crippen molar-refractivity contribution in [1.82, 2.24) is 0 Å². The molecule has 2 aromatic carbocycles. The largest absolute Gasteiger partial charge is 0.487 e. The number of aliphatic hydroxyl groups is 1. The van der Waals surface area contributed by atoms with Gasteiger partial charge in [-0.15, -0.1) is 0 Å². The molecule has 2 aromatic rings. The van der Waals surface area contributed by atoms with Crippen molar-refractivity contribution in [3.63, 3.8) is 0 Å². The van der Waals surface area contributed by atoms with Gasteiger partial charge in [-0.1, -0.05) is 18.2 Å². The second kappa shape index (κ2) is 6.80. The van der Waals surface area contributed by atoms with Crippen LogP contribution in [0.4, 0.5) is 11.4 Å². The molecule has 0 aliphatic carbocycles. The van der Waals surface area contributed by atoms with Crippen LogP contribution in [-0.4, -0.2) is 37.4 Å². The van der Waals surface area contributed by atoms with E-state index in [2.05, 4.69) is 4.90 Å². The second-order valence-corrected chi connectivity index (χ2v) is 5.68. The zero-order valence-corrected chi connectivity index (χ0v) is 13.4. The molecule has 1 saturated heterocycles. The van der Waals surface area contributed by atoms with Gasteiger partial charge in [0.2, 0.25) is 0 Å². The first kappa shape index (κ1) is 16.1. The van der Waals surface area contributed by atoms with Crippen molar-refractivity contribution in [2.75, 3.05) is 30.8 Å².